The van der Waals surface area contributed by atoms with Crippen LogP contribution in [0.2, 0.25) is 0 Å². The molecule has 0 aliphatic rings. The summed E-state index contributed by atoms with van der Waals surface area (Å²) >= 11 is 0. The maximum absolute atomic E-state index is 13.4. The van der Waals surface area contributed by atoms with Gasteiger partial charge in [0.1, 0.15) is 24.8 Å². The van der Waals surface area contributed by atoms with Gasteiger partial charge in [-0.05, 0) is 35.8 Å². The molecule has 0 unspecified atom stereocenters. The molecule has 0 radical (unpaired) electrons. The van der Waals surface area contributed by atoms with Crippen LogP contribution in [0.15, 0.2) is 60.7 Å². The Morgan fingerprint density at radius 3 is 1.77 bits per heavy atom. The molecule has 0 saturated carbocycles. The molecule has 40 heavy (non-hydrogen) atoms. The topological polar surface area (TPSA) is 143 Å². The summed E-state index contributed by atoms with van der Waals surface area (Å²) in [5, 5.41) is 18.7. The fourth-order valence-electron chi connectivity index (χ4n) is 4.08. The van der Waals surface area contributed by atoms with Crippen molar-refractivity contribution in [3.63, 3.8) is 0 Å². The van der Waals surface area contributed by atoms with Crippen molar-refractivity contribution in [3.05, 3.63) is 71.8 Å². The van der Waals surface area contributed by atoms with Crippen LogP contribution in [-0.2, 0) is 30.5 Å². The number of esters is 1. The van der Waals surface area contributed by atoms with E-state index in [1.165, 1.54) is 0 Å². The molecule has 0 bridgehead atoms. The van der Waals surface area contributed by atoms with E-state index >= 15 is 0 Å². The van der Waals surface area contributed by atoms with Crippen molar-refractivity contribution in [3.8, 4) is 0 Å². The van der Waals surface area contributed by atoms with Gasteiger partial charge in [-0.2, -0.15) is 0 Å². The molecule has 2 aromatic carbocycles. The van der Waals surface area contributed by atoms with E-state index in [4.69, 9.17) is 9.47 Å². The zero-order valence-electron chi connectivity index (χ0n) is 23.8. The highest BCUT2D eigenvalue weighted by molar-refractivity contribution is 5.93. The highest BCUT2D eigenvalue weighted by Gasteiger charge is 2.34. The van der Waals surface area contributed by atoms with Crippen LogP contribution in [0.25, 0.3) is 0 Å². The van der Waals surface area contributed by atoms with Gasteiger partial charge in [0.2, 0.25) is 11.8 Å². The Balaban J connectivity index is 2.15. The Bertz CT molecular complexity index is 1090. The van der Waals surface area contributed by atoms with E-state index in [0.29, 0.717) is 12.0 Å². The average molecular weight is 556 g/mol. The zero-order chi connectivity index (χ0) is 29.7. The third-order valence-corrected chi connectivity index (χ3v) is 6.08. The van der Waals surface area contributed by atoms with Gasteiger partial charge in [-0.25, -0.2) is 9.59 Å². The second-order valence-electron chi connectivity index (χ2n) is 10.4. The van der Waals surface area contributed by atoms with E-state index in [1.54, 1.807) is 30.3 Å². The predicted molar refractivity (Wildman–Crippen MR) is 150 cm³/mol. The quantitative estimate of drug-likeness (QED) is 0.262. The van der Waals surface area contributed by atoms with Gasteiger partial charge in [0.25, 0.3) is 0 Å². The molecule has 0 aliphatic heterocycles. The molecule has 10 nitrogen and oxygen atoms in total. The first-order valence-corrected chi connectivity index (χ1v) is 13.4. The molecule has 0 heterocycles. The van der Waals surface area contributed by atoms with Crippen molar-refractivity contribution in [2.24, 2.45) is 11.8 Å². The Kier molecular flexibility index (Phi) is 13.1. The Hall–Kier alpha value is -3.92. The first kappa shape index (κ1) is 32.3. The standard InChI is InChI=1S/C30H41N3O7/c1-19(2)16-23(28(36)33-25(29(37)39-5)26(34)22-14-10-7-11-15-22)31-27(35)24(17-20(3)4)32-30(38)40-18-21-12-8-6-9-13-21/h6-15,19-20,23-26,34H,16-18H2,1-5H3,(H,31,35)(H,32,38)(H,33,36)/t23-,24+,25-,26+/m0/s1. The molecule has 0 aromatic heterocycles. The molecule has 218 valence electrons. The van der Waals surface area contributed by atoms with E-state index in [9.17, 15) is 24.3 Å². The predicted octanol–water partition coefficient (Wildman–Crippen LogP) is 3.25. The largest absolute Gasteiger partial charge is 0.467 e. The summed E-state index contributed by atoms with van der Waals surface area (Å²) in [6.45, 7) is 7.62. The van der Waals surface area contributed by atoms with Crippen LogP contribution in [0, 0.1) is 11.8 Å². The number of carbonyl (C=O) groups excluding carboxylic acids is 4. The number of ether oxygens (including phenoxy) is 2. The number of alkyl carbamates (subject to hydrolysis) is 1. The number of amides is 3. The lowest BCUT2D eigenvalue weighted by Crippen LogP contribution is -2.57. The number of hydrogen-bond acceptors (Lipinski definition) is 7. The van der Waals surface area contributed by atoms with Crippen LogP contribution < -0.4 is 16.0 Å². The Labute approximate surface area is 235 Å². The van der Waals surface area contributed by atoms with Crippen LogP contribution in [0.5, 0.6) is 0 Å². The lowest BCUT2D eigenvalue weighted by atomic mass is 9.98. The summed E-state index contributed by atoms with van der Waals surface area (Å²) in [4.78, 5) is 51.7. The van der Waals surface area contributed by atoms with E-state index in [-0.39, 0.29) is 24.9 Å². The van der Waals surface area contributed by atoms with Gasteiger partial charge in [-0.1, -0.05) is 88.4 Å². The van der Waals surface area contributed by atoms with Crippen molar-refractivity contribution in [1.29, 1.82) is 0 Å². The second kappa shape index (κ2) is 16.2. The lowest BCUT2D eigenvalue weighted by Gasteiger charge is -2.28. The van der Waals surface area contributed by atoms with Gasteiger partial charge < -0.3 is 30.5 Å². The lowest BCUT2D eigenvalue weighted by molar-refractivity contribution is -0.149. The monoisotopic (exact) mass is 555 g/mol. The minimum absolute atomic E-state index is 0.000908. The fraction of sp³-hybridized carbons (Fsp3) is 0.467. The molecular weight excluding hydrogens is 514 g/mol. The van der Waals surface area contributed by atoms with Crippen molar-refractivity contribution in [1.82, 2.24) is 16.0 Å². The normalized spacial score (nSPS) is 14.0. The third-order valence-electron chi connectivity index (χ3n) is 6.08. The zero-order valence-corrected chi connectivity index (χ0v) is 23.8. The molecule has 3 amide bonds. The van der Waals surface area contributed by atoms with Crippen molar-refractivity contribution >= 4 is 23.9 Å². The van der Waals surface area contributed by atoms with Crippen LogP contribution in [-0.4, -0.2) is 54.2 Å². The second-order valence-corrected chi connectivity index (χ2v) is 10.4. The number of nitrogens with one attached hydrogen (secondary N) is 3. The number of hydrogen-bond donors (Lipinski definition) is 4. The van der Waals surface area contributed by atoms with Gasteiger partial charge in [0.15, 0.2) is 6.04 Å². The number of benzene rings is 2. The van der Waals surface area contributed by atoms with Gasteiger partial charge in [0.05, 0.1) is 7.11 Å². The summed E-state index contributed by atoms with van der Waals surface area (Å²) in [6.07, 6.45) is -1.58. The summed E-state index contributed by atoms with van der Waals surface area (Å²) < 4.78 is 10.1. The molecular formula is C30H41N3O7. The van der Waals surface area contributed by atoms with E-state index in [1.807, 2.05) is 58.0 Å². The fourth-order valence-corrected chi connectivity index (χ4v) is 4.08. The molecule has 2 aromatic rings. The molecule has 4 atom stereocenters. The number of aliphatic hydroxyl groups excluding tert-OH is 1. The summed E-state index contributed by atoms with van der Waals surface area (Å²) in [5.41, 5.74) is 1.21. The first-order chi connectivity index (χ1) is 19.0. The number of rotatable bonds is 14. The molecule has 10 heteroatoms. The van der Waals surface area contributed by atoms with Crippen molar-refractivity contribution in [2.45, 2.75) is 71.4 Å². The van der Waals surface area contributed by atoms with E-state index < -0.39 is 48.1 Å². The average Bonchev–Trinajstić information content (AvgIpc) is 2.93. The molecule has 2 rings (SSSR count). The SMILES string of the molecule is COC(=O)[C@@H](NC(=O)[C@H](CC(C)C)NC(=O)[C@@H](CC(C)C)NC(=O)OCc1ccccc1)[C@H](O)c1ccccc1. The van der Waals surface area contributed by atoms with E-state index in [2.05, 4.69) is 16.0 Å². The number of aliphatic hydroxyl groups is 1. The molecule has 4 N–H and O–H groups in total. The Morgan fingerprint density at radius 2 is 1.25 bits per heavy atom. The maximum atomic E-state index is 13.4. The highest BCUT2D eigenvalue weighted by atomic mass is 16.5. The highest BCUT2D eigenvalue weighted by Crippen LogP contribution is 2.18. The van der Waals surface area contributed by atoms with Crippen LogP contribution in [0.1, 0.15) is 57.8 Å². The summed E-state index contributed by atoms with van der Waals surface area (Å²) in [6, 6.07) is 14.1. The van der Waals surface area contributed by atoms with Gasteiger partial charge >= 0.3 is 12.1 Å². The number of methoxy groups -OCH3 is 1. The summed E-state index contributed by atoms with van der Waals surface area (Å²) in [7, 11) is 1.16. The smallest absolute Gasteiger partial charge is 0.408 e. The maximum Gasteiger partial charge on any atom is 0.408 e. The van der Waals surface area contributed by atoms with Crippen molar-refractivity contribution < 1.29 is 33.8 Å². The minimum Gasteiger partial charge on any atom is -0.467 e. The van der Waals surface area contributed by atoms with Crippen LogP contribution in [0.4, 0.5) is 4.79 Å². The number of carbonyl (C=O) groups is 4. The first-order valence-electron chi connectivity index (χ1n) is 13.4. The molecule has 0 aliphatic carbocycles. The third kappa shape index (κ3) is 10.7. The molecule has 0 spiro atoms. The van der Waals surface area contributed by atoms with Gasteiger partial charge in [0, 0.05) is 0 Å². The van der Waals surface area contributed by atoms with Crippen molar-refractivity contribution in [2.75, 3.05) is 7.11 Å². The van der Waals surface area contributed by atoms with Gasteiger partial charge in [-0.3, -0.25) is 9.59 Å². The van der Waals surface area contributed by atoms with Crippen LogP contribution in [0.3, 0.4) is 0 Å². The molecule has 0 saturated heterocycles. The summed E-state index contributed by atoms with van der Waals surface area (Å²) in [5.74, 6) is -2.02. The van der Waals surface area contributed by atoms with Gasteiger partial charge in [-0.15, -0.1) is 0 Å². The molecule has 0 fully saturated rings. The van der Waals surface area contributed by atoms with Crippen LogP contribution >= 0.6 is 0 Å². The van der Waals surface area contributed by atoms with E-state index in [0.717, 1.165) is 12.7 Å². The Morgan fingerprint density at radius 1 is 0.750 bits per heavy atom. The minimum atomic E-state index is -1.40.